The van der Waals surface area contributed by atoms with Gasteiger partial charge in [0, 0.05) is 23.5 Å². The minimum atomic E-state index is 0.554. The summed E-state index contributed by atoms with van der Waals surface area (Å²) < 4.78 is 2.33. The summed E-state index contributed by atoms with van der Waals surface area (Å²) in [5.74, 6) is 2.71. The molecule has 0 bridgehead atoms. The van der Waals surface area contributed by atoms with Crippen molar-refractivity contribution in [2.24, 2.45) is 0 Å². The largest absolute Gasteiger partial charge is 0.376 e. The molecule has 2 fully saturated rings. The van der Waals surface area contributed by atoms with Crippen LogP contribution >= 0.6 is 0 Å². The molecule has 0 amide bonds. The molecule has 2 aliphatic rings. The van der Waals surface area contributed by atoms with Crippen molar-refractivity contribution in [2.45, 2.75) is 44.2 Å². The number of aromatic nitrogens is 4. The Kier molecular flexibility index (Phi) is 3.20. The molecule has 2 heterocycles. The van der Waals surface area contributed by atoms with E-state index in [-0.39, 0.29) is 0 Å². The summed E-state index contributed by atoms with van der Waals surface area (Å²) in [5.41, 5.74) is 2.26. The predicted octanol–water partition coefficient (Wildman–Crippen LogP) is 3.52. The molecule has 0 radical (unpaired) electrons. The maximum Gasteiger partial charge on any atom is 0.152 e. The van der Waals surface area contributed by atoms with Gasteiger partial charge in [0.15, 0.2) is 5.82 Å². The number of benzene rings is 1. The van der Waals surface area contributed by atoms with Gasteiger partial charge in [-0.2, -0.15) is 5.26 Å². The monoisotopic (exact) mass is 330 g/mol. The highest BCUT2D eigenvalue weighted by molar-refractivity contribution is 5.93. The highest BCUT2D eigenvalue weighted by atomic mass is 15.3. The summed E-state index contributed by atoms with van der Waals surface area (Å²) >= 11 is 0. The molecule has 0 atom stereocenters. The molecular weight excluding hydrogens is 312 g/mol. The van der Waals surface area contributed by atoms with E-state index < -0.39 is 0 Å². The molecule has 2 aromatic heterocycles. The summed E-state index contributed by atoms with van der Waals surface area (Å²) in [6.45, 7) is 0.568. The predicted molar refractivity (Wildman–Crippen MR) is 94.1 cm³/mol. The molecule has 124 valence electrons. The van der Waals surface area contributed by atoms with Gasteiger partial charge in [0.2, 0.25) is 0 Å². The molecule has 1 aromatic carbocycles. The fraction of sp³-hybridized carbons (Fsp3) is 0.368. The van der Waals surface area contributed by atoms with E-state index in [1.165, 1.54) is 25.7 Å². The molecule has 0 spiro atoms. The first-order valence-corrected chi connectivity index (χ1v) is 8.80. The van der Waals surface area contributed by atoms with Crippen LogP contribution in [0.5, 0.6) is 0 Å². The van der Waals surface area contributed by atoms with Crippen molar-refractivity contribution in [3.05, 3.63) is 47.7 Å². The lowest BCUT2D eigenvalue weighted by Gasteiger charge is -2.13. The van der Waals surface area contributed by atoms with Gasteiger partial charge in [0.25, 0.3) is 0 Å². The zero-order chi connectivity index (χ0) is 16.8. The number of nitriles is 1. The fourth-order valence-corrected chi connectivity index (χ4v) is 3.39. The lowest BCUT2D eigenvalue weighted by molar-refractivity contribution is 0.650. The first-order valence-electron chi connectivity index (χ1n) is 8.80. The minimum Gasteiger partial charge on any atom is -0.376 e. The first-order chi connectivity index (χ1) is 12.3. The average molecular weight is 330 g/mol. The van der Waals surface area contributed by atoms with Crippen LogP contribution in [0.15, 0.2) is 30.5 Å². The van der Waals surface area contributed by atoms with E-state index in [2.05, 4.69) is 31.1 Å². The number of nitrogens with zero attached hydrogens (tertiary/aromatic N) is 5. The van der Waals surface area contributed by atoms with Crippen LogP contribution in [0.1, 0.15) is 54.9 Å². The number of hydrogen-bond donors (Lipinski definition) is 1. The van der Waals surface area contributed by atoms with Gasteiger partial charge in [0.1, 0.15) is 11.9 Å². The summed E-state index contributed by atoms with van der Waals surface area (Å²) in [5, 5.41) is 22.7. The van der Waals surface area contributed by atoms with Crippen LogP contribution in [0.3, 0.4) is 0 Å². The van der Waals surface area contributed by atoms with E-state index in [9.17, 15) is 5.26 Å². The fourth-order valence-electron chi connectivity index (χ4n) is 3.39. The molecule has 25 heavy (non-hydrogen) atoms. The second-order valence-electron chi connectivity index (χ2n) is 6.88. The molecule has 6 heteroatoms. The van der Waals surface area contributed by atoms with Gasteiger partial charge < -0.3 is 9.88 Å². The molecule has 1 N–H and O–H groups in total. The van der Waals surface area contributed by atoms with Crippen LogP contribution in [0.4, 0.5) is 5.69 Å². The molecule has 3 aromatic rings. The number of anilines is 1. The number of para-hydroxylation sites is 1. The number of pyridine rings is 1. The van der Waals surface area contributed by atoms with Crippen molar-refractivity contribution in [1.82, 2.24) is 19.7 Å². The third-order valence-electron chi connectivity index (χ3n) is 4.97. The van der Waals surface area contributed by atoms with Crippen LogP contribution < -0.4 is 5.32 Å². The second-order valence-corrected chi connectivity index (χ2v) is 6.88. The quantitative estimate of drug-likeness (QED) is 0.774. The topological polar surface area (TPSA) is 79.4 Å². The van der Waals surface area contributed by atoms with Crippen molar-refractivity contribution in [1.29, 1.82) is 5.26 Å². The van der Waals surface area contributed by atoms with Crippen LogP contribution in [0.2, 0.25) is 0 Å². The lowest BCUT2D eigenvalue weighted by Crippen LogP contribution is -2.11. The Morgan fingerprint density at radius 3 is 2.76 bits per heavy atom. The zero-order valence-corrected chi connectivity index (χ0v) is 13.8. The Balaban J connectivity index is 1.49. The molecule has 0 aliphatic heterocycles. The third-order valence-corrected chi connectivity index (χ3v) is 4.97. The summed E-state index contributed by atoms with van der Waals surface area (Å²) in [4.78, 5) is 4.36. The summed E-state index contributed by atoms with van der Waals surface area (Å²) in [6.07, 6.45) is 6.52. The molecular formula is C19H18N6. The number of hydrogen-bond acceptors (Lipinski definition) is 5. The van der Waals surface area contributed by atoms with Crippen molar-refractivity contribution in [2.75, 3.05) is 5.32 Å². The highest BCUT2D eigenvalue weighted by Crippen LogP contribution is 2.44. The van der Waals surface area contributed by atoms with Gasteiger partial charge in [-0.25, -0.2) is 0 Å². The van der Waals surface area contributed by atoms with E-state index in [0.717, 1.165) is 28.2 Å². The Morgan fingerprint density at radius 1 is 1.16 bits per heavy atom. The number of fused-ring (bicyclic) bond motifs is 1. The zero-order valence-electron chi connectivity index (χ0n) is 13.8. The first kappa shape index (κ1) is 14.4. The second kappa shape index (κ2) is 5.55. The van der Waals surface area contributed by atoms with E-state index in [0.29, 0.717) is 24.1 Å². The van der Waals surface area contributed by atoms with Crippen LogP contribution in [0.25, 0.3) is 10.9 Å². The van der Waals surface area contributed by atoms with Gasteiger partial charge in [-0.15, -0.1) is 10.2 Å². The Labute approximate surface area is 145 Å². The van der Waals surface area contributed by atoms with Crippen molar-refractivity contribution >= 4 is 16.6 Å². The van der Waals surface area contributed by atoms with Crippen LogP contribution in [-0.4, -0.2) is 19.7 Å². The average Bonchev–Trinajstić information content (AvgIpc) is 3.58. The molecule has 5 rings (SSSR count). The van der Waals surface area contributed by atoms with Crippen LogP contribution in [-0.2, 0) is 6.54 Å². The number of nitrogens with one attached hydrogen (secondary N) is 1. The van der Waals surface area contributed by atoms with E-state index >= 15 is 0 Å². The van der Waals surface area contributed by atoms with Gasteiger partial charge in [-0.05, 0) is 31.7 Å². The number of rotatable bonds is 5. The summed E-state index contributed by atoms with van der Waals surface area (Å²) in [7, 11) is 0. The Hall–Kier alpha value is -2.94. The normalized spacial score (nSPS) is 16.8. The molecule has 2 saturated carbocycles. The van der Waals surface area contributed by atoms with Crippen molar-refractivity contribution in [3.8, 4) is 6.07 Å². The van der Waals surface area contributed by atoms with Gasteiger partial charge in [0.05, 0.1) is 23.3 Å². The summed E-state index contributed by atoms with van der Waals surface area (Å²) in [6, 6.07) is 10.7. The maximum atomic E-state index is 9.45. The molecule has 0 saturated heterocycles. The lowest BCUT2D eigenvalue weighted by atomic mass is 10.1. The molecule has 6 nitrogen and oxygen atoms in total. The van der Waals surface area contributed by atoms with Crippen LogP contribution in [0, 0.1) is 11.3 Å². The van der Waals surface area contributed by atoms with E-state index in [4.69, 9.17) is 0 Å². The standard InChI is InChI=1S/C19H18N6/c20-9-13-10-21-16-4-2-1-3-15(16)18(13)22-11-17-23-24-19(12-5-6-12)25(17)14-7-8-14/h1-4,10,12,14H,5-8,11H2,(H,21,22). The Bertz CT molecular complexity index is 991. The highest BCUT2D eigenvalue weighted by Gasteiger charge is 2.36. The van der Waals surface area contributed by atoms with Gasteiger partial charge >= 0.3 is 0 Å². The Morgan fingerprint density at radius 2 is 2.00 bits per heavy atom. The maximum absolute atomic E-state index is 9.45. The SMILES string of the molecule is N#Cc1cnc2ccccc2c1NCc1nnc(C2CC2)n1C1CC1. The van der Waals surface area contributed by atoms with Crippen molar-refractivity contribution in [3.63, 3.8) is 0 Å². The molecule has 0 unspecified atom stereocenters. The third kappa shape index (κ3) is 2.52. The van der Waals surface area contributed by atoms with Crippen molar-refractivity contribution < 1.29 is 0 Å². The van der Waals surface area contributed by atoms with Gasteiger partial charge in [-0.3, -0.25) is 4.98 Å². The van der Waals surface area contributed by atoms with Gasteiger partial charge in [-0.1, -0.05) is 18.2 Å². The smallest absolute Gasteiger partial charge is 0.152 e. The molecule has 2 aliphatic carbocycles. The van der Waals surface area contributed by atoms with E-state index in [1.807, 2.05) is 24.3 Å². The minimum absolute atomic E-state index is 0.554. The van der Waals surface area contributed by atoms with E-state index in [1.54, 1.807) is 6.20 Å².